The number of hydrogen-bond acceptors (Lipinski definition) is 3. The fourth-order valence-corrected chi connectivity index (χ4v) is 1.55. The molecule has 0 heterocycles. The summed E-state index contributed by atoms with van der Waals surface area (Å²) in [5.41, 5.74) is 2.91. The number of ketones is 1. The van der Waals surface area contributed by atoms with Crippen molar-refractivity contribution in [1.82, 2.24) is 0 Å². The first kappa shape index (κ1) is 8.04. The summed E-state index contributed by atoms with van der Waals surface area (Å²) in [7, 11) is 1.93. The minimum atomic E-state index is -0.152. The second-order valence-corrected chi connectivity index (χ2v) is 3.21. The summed E-state index contributed by atoms with van der Waals surface area (Å²) in [6, 6.07) is 5.68. The first-order valence-corrected chi connectivity index (χ1v) is 4.07. The van der Waals surface area contributed by atoms with Gasteiger partial charge in [-0.3, -0.25) is 4.79 Å². The molecule has 0 bridgehead atoms. The smallest absolute Gasteiger partial charge is 0.211 e. The molecule has 13 heavy (non-hydrogen) atoms. The van der Waals surface area contributed by atoms with Gasteiger partial charge < -0.3 is 5.21 Å². The summed E-state index contributed by atoms with van der Waals surface area (Å²) in [6.07, 6.45) is 0.449. The summed E-state index contributed by atoms with van der Waals surface area (Å²) in [5.74, 6) is -0.152. The number of rotatable bonds is 0. The molecule has 4 heteroatoms. The van der Waals surface area contributed by atoms with Crippen molar-refractivity contribution >= 4 is 24.8 Å². The van der Waals surface area contributed by atoms with Gasteiger partial charge in [0.1, 0.15) is 13.6 Å². The summed E-state index contributed by atoms with van der Waals surface area (Å²) < 4.78 is 0. The minimum absolute atomic E-state index is 0.152. The second kappa shape index (κ2) is 2.73. The Balaban J connectivity index is 2.57. The Bertz CT molecular complexity index is 412. The van der Waals surface area contributed by atoms with Crippen LogP contribution < -0.4 is 5.46 Å². The van der Waals surface area contributed by atoms with Crippen LogP contribution in [0.5, 0.6) is 0 Å². The van der Waals surface area contributed by atoms with E-state index in [1.165, 1.54) is 0 Å². The van der Waals surface area contributed by atoms with Crippen LogP contribution in [0.3, 0.4) is 0 Å². The van der Waals surface area contributed by atoms with Gasteiger partial charge in [-0.05, 0) is 5.56 Å². The molecule has 0 spiro atoms. The topological polar surface area (TPSA) is 49.7 Å². The Hall–Kier alpha value is -1.58. The van der Waals surface area contributed by atoms with Crippen molar-refractivity contribution in [3.63, 3.8) is 0 Å². The molecule has 1 N–H and O–H groups in total. The standard InChI is InChI=1S/C9H8BNO2/c10-6-2-1-5-3-8(11-13)9(12)7(5)4-6/h1-2,4,13H,3,10H2/b11-8-. The highest BCUT2D eigenvalue weighted by molar-refractivity contribution is 6.50. The van der Waals surface area contributed by atoms with Gasteiger partial charge in [-0.2, -0.15) is 0 Å². The third-order valence-corrected chi connectivity index (χ3v) is 2.25. The van der Waals surface area contributed by atoms with Gasteiger partial charge >= 0.3 is 0 Å². The first-order valence-electron chi connectivity index (χ1n) is 4.07. The van der Waals surface area contributed by atoms with Gasteiger partial charge in [0.25, 0.3) is 0 Å². The van der Waals surface area contributed by atoms with E-state index in [1.54, 1.807) is 0 Å². The van der Waals surface area contributed by atoms with Crippen molar-refractivity contribution in [1.29, 1.82) is 0 Å². The van der Waals surface area contributed by atoms with E-state index in [4.69, 9.17) is 5.21 Å². The van der Waals surface area contributed by atoms with E-state index < -0.39 is 0 Å². The Morgan fingerprint density at radius 2 is 2.23 bits per heavy atom. The van der Waals surface area contributed by atoms with Gasteiger partial charge in [-0.1, -0.05) is 28.8 Å². The summed E-state index contributed by atoms with van der Waals surface area (Å²) >= 11 is 0. The molecule has 0 aliphatic heterocycles. The third-order valence-electron chi connectivity index (χ3n) is 2.25. The molecule has 0 radical (unpaired) electrons. The molecule has 0 unspecified atom stereocenters. The van der Waals surface area contributed by atoms with Gasteiger partial charge in [0, 0.05) is 12.0 Å². The Kier molecular flexibility index (Phi) is 1.69. The van der Waals surface area contributed by atoms with Crippen molar-refractivity contribution in [3.8, 4) is 0 Å². The molecule has 0 saturated heterocycles. The molecule has 1 aromatic carbocycles. The number of carbonyl (C=O) groups excluding carboxylic acids is 1. The lowest BCUT2D eigenvalue weighted by Gasteiger charge is -1.96. The average Bonchev–Trinajstić information content (AvgIpc) is 2.44. The molecule has 0 aromatic heterocycles. The van der Waals surface area contributed by atoms with Crippen LogP contribution in [0.1, 0.15) is 15.9 Å². The third kappa shape index (κ3) is 1.14. The fraction of sp³-hybridized carbons (Fsp3) is 0.111. The lowest BCUT2D eigenvalue weighted by atomic mass is 9.93. The highest BCUT2D eigenvalue weighted by Crippen LogP contribution is 2.18. The maximum absolute atomic E-state index is 11.5. The number of Topliss-reactive ketones (excluding diaryl/α,β-unsaturated/α-hetero) is 1. The molecule has 0 fully saturated rings. The number of hydrogen-bond donors (Lipinski definition) is 1. The van der Waals surface area contributed by atoms with Crippen LogP contribution in [0.15, 0.2) is 23.4 Å². The molecule has 1 aliphatic carbocycles. The Labute approximate surface area is 76.5 Å². The summed E-state index contributed by atoms with van der Waals surface area (Å²) in [4.78, 5) is 11.5. The molecule has 3 nitrogen and oxygen atoms in total. The Morgan fingerprint density at radius 3 is 2.92 bits per heavy atom. The van der Waals surface area contributed by atoms with E-state index in [9.17, 15) is 4.79 Å². The number of benzene rings is 1. The van der Waals surface area contributed by atoms with E-state index in [-0.39, 0.29) is 11.5 Å². The molecule has 0 saturated carbocycles. The maximum Gasteiger partial charge on any atom is 0.211 e. The molecule has 2 rings (SSSR count). The number of fused-ring (bicyclic) bond motifs is 1. The van der Waals surface area contributed by atoms with Gasteiger partial charge in [-0.25, -0.2) is 0 Å². The van der Waals surface area contributed by atoms with E-state index in [2.05, 4.69) is 5.16 Å². The zero-order chi connectivity index (χ0) is 9.42. The Morgan fingerprint density at radius 1 is 1.46 bits per heavy atom. The normalized spacial score (nSPS) is 17.8. The van der Waals surface area contributed by atoms with Crippen molar-refractivity contribution in [2.75, 3.05) is 0 Å². The van der Waals surface area contributed by atoms with Crippen molar-refractivity contribution in [2.24, 2.45) is 5.16 Å². The van der Waals surface area contributed by atoms with Crippen molar-refractivity contribution in [3.05, 3.63) is 29.3 Å². The molecule has 0 amide bonds. The number of carbonyl (C=O) groups is 1. The maximum atomic E-state index is 11.5. The predicted octanol–water partition coefficient (Wildman–Crippen LogP) is -0.486. The van der Waals surface area contributed by atoms with Crippen molar-refractivity contribution in [2.45, 2.75) is 6.42 Å². The molecule has 1 aliphatic rings. The molecular weight excluding hydrogens is 165 g/mol. The quantitative estimate of drug-likeness (QED) is 0.327. The average molecular weight is 173 g/mol. The minimum Gasteiger partial charge on any atom is -0.411 e. The molecule has 64 valence electrons. The van der Waals surface area contributed by atoms with Gasteiger partial charge in [0.15, 0.2) is 0 Å². The van der Waals surface area contributed by atoms with Crippen LogP contribution in [-0.2, 0) is 6.42 Å². The van der Waals surface area contributed by atoms with Crippen LogP contribution >= 0.6 is 0 Å². The number of oxime groups is 1. The highest BCUT2D eigenvalue weighted by Gasteiger charge is 2.26. The van der Waals surface area contributed by atoms with E-state index in [0.717, 1.165) is 11.0 Å². The van der Waals surface area contributed by atoms with E-state index >= 15 is 0 Å². The predicted molar refractivity (Wildman–Crippen MR) is 51.9 cm³/mol. The largest absolute Gasteiger partial charge is 0.411 e. The van der Waals surface area contributed by atoms with Gasteiger partial charge in [0.2, 0.25) is 5.78 Å². The summed E-state index contributed by atoms with van der Waals surface area (Å²) in [5, 5.41) is 11.5. The van der Waals surface area contributed by atoms with Crippen LogP contribution in [0.2, 0.25) is 0 Å². The molecule has 1 aromatic rings. The van der Waals surface area contributed by atoms with Crippen LogP contribution in [0.4, 0.5) is 0 Å². The zero-order valence-electron chi connectivity index (χ0n) is 7.24. The zero-order valence-corrected chi connectivity index (χ0v) is 7.24. The van der Waals surface area contributed by atoms with Crippen LogP contribution in [-0.4, -0.2) is 24.5 Å². The van der Waals surface area contributed by atoms with Gasteiger partial charge in [0.05, 0.1) is 0 Å². The number of nitrogens with zero attached hydrogens (tertiary/aromatic N) is 1. The summed E-state index contributed by atoms with van der Waals surface area (Å²) in [6.45, 7) is 0. The van der Waals surface area contributed by atoms with Crippen molar-refractivity contribution < 1.29 is 10.0 Å². The monoisotopic (exact) mass is 173 g/mol. The molecule has 0 atom stereocenters. The van der Waals surface area contributed by atoms with Crippen LogP contribution in [0, 0.1) is 0 Å². The second-order valence-electron chi connectivity index (χ2n) is 3.21. The lowest BCUT2D eigenvalue weighted by Crippen LogP contribution is -2.09. The van der Waals surface area contributed by atoms with Crippen LogP contribution in [0.25, 0.3) is 0 Å². The van der Waals surface area contributed by atoms with E-state index in [0.29, 0.717) is 12.0 Å². The molecular formula is C9H8BNO2. The van der Waals surface area contributed by atoms with Gasteiger partial charge in [-0.15, -0.1) is 0 Å². The van der Waals surface area contributed by atoms with E-state index in [1.807, 2.05) is 26.0 Å². The fourth-order valence-electron chi connectivity index (χ4n) is 1.55. The first-order chi connectivity index (χ1) is 6.22. The lowest BCUT2D eigenvalue weighted by molar-refractivity contribution is 0.106. The SMILES string of the molecule is Bc1ccc2c(c1)C(=O)/C(=N\O)C2. The highest BCUT2D eigenvalue weighted by atomic mass is 16.4.